The molecule has 1 aliphatic rings. The molecule has 0 fully saturated rings. The average Bonchev–Trinajstić information content (AvgIpc) is 3.01. The lowest BCUT2D eigenvalue weighted by molar-refractivity contribution is 0.0984. The number of hydrogen-bond acceptors (Lipinski definition) is 2. The van der Waals surface area contributed by atoms with Gasteiger partial charge in [-0.3, -0.25) is 4.79 Å². The van der Waals surface area contributed by atoms with Gasteiger partial charge in [-0.25, -0.2) is 4.98 Å². The number of hydrogen-bond donors (Lipinski definition) is 0. The monoisotopic (exact) mass is 277 g/mol. The van der Waals surface area contributed by atoms with Crippen molar-refractivity contribution in [3.8, 4) is 0 Å². The zero-order valence-electron chi connectivity index (χ0n) is 11.6. The number of amides is 1. The predicted molar refractivity (Wildman–Crippen MR) is 81.6 cm³/mol. The molecule has 0 unspecified atom stereocenters. The minimum atomic E-state index is 0.0535. The number of fused-ring (bicyclic) bond motifs is 2. The third kappa shape index (κ3) is 2.00. The summed E-state index contributed by atoms with van der Waals surface area (Å²) in [6.45, 7) is 0.776. The molecule has 4 heteroatoms. The van der Waals surface area contributed by atoms with Crippen LogP contribution in [0.3, 0.4) is 0 Å². The van der Waals surface area contributed by atoms with Crippen LogP contribution in [0.5, 0.6) is 0 Å². The first-order chi connectivity index (χ1) is 10.3. The van der Waals surface area contributed by atoms with E-state index in [-0.39, 0.29) is 5.91 Å². The Morgan fingerprint density at radius 3 is 3.00 bits per heavy atom. The van der Waals surface area contributed by atoms with Crippen molar-refractivity contribution in [2.24, 2.45) is 0 Å². The van der Waals surface area contributed by atoms with Crippen LogP contribution in [-0.4, -0.2) is 21.8 Å². The van der Waals surface area contributed by atoms with Gasteiger partial charge in [-0.2, -0.15) is 0 Å². The Morgan fingerprint density at radius 1 is 1.14 bits per heavy atom. The molecular formula is C17H15N3O. The molecule has 3 aromatic rings. The smallest absolute Gasteiger partial charge is 0.259 e. The summed E-state index contributed by atoms with van der Waals surface area (Å²) in [5, 5.41) is 0. The number of para-hydroxylation sites is 1. The van der Waals surface area contributed by atoms with Crippen LogP contribution in [0.25, 0.3) is 5.65 Å². The molecule has 1 aliphatic heterocycles. The first-order valence-electron chi connectivity index (χ1n) is 7.15. The van der Waals surface area contributed by atoms with E-state index in [1.807, 2.05) is 52.0 Å². The van der Waals surface area contributed by atoms with Crippen LogP contribution in [0.2, 0.25) is 0 Å². The summed E-state index contributed by atoms with van der Waals surface area (Å²) in [5.74, 6) is 0.0535. The van der Waals surface area contributed by atoms with Gasteiger partial charge in [-0.05, 0) is 36.6 Å². The lowest BCUT2D eigenvalue weighted by atomic mass is 10.0. The summed E-state index contributed by atoms with van der Waals surface area (Å²) in [6.07, 6.45) is 7.49. The number of pyridine rings is 1. The van der Waals surface area contributed by atoms with E-state index in [0.717, 1.165) is 30.7 Å². The lowest BCUT2D eigenvalue weighted by Crippen LogP contribution is -2.35. The van der Waals surface area contributed by atoms with Crippen LogP contribution >= 0.6 is 0 Å². The summed E-state index contributed by atoms with van der Waals surface area (Å²) in [4.78, 5) is 18.9. The largest absolute Gasteiger partial charge is 0.308 e. The summed E-state index contributed by atoms with van der Waals surface area (Å²) in [5.41, 5.74) is 3.84. The van der Waals surface area contributed by atoms with Crippen LogP contribution in [0.1, 0.15) is 22.3 Å². The summed E-state index contributed by atoms with van der Waals surface area (Å²) in [7, 11) is 0. The molecule has 0 saturated heterocycles. The second kappa shape index (κ2) is 4.74. The van der Waals surface area contributed by atoms with E-state index in [0.29, 0.717) is 5.56 Å². The van der Waals surface area contributed by atoms with E-state index >= 15 is 0 Å². The van der Waals surface area contributed by atoms with Gasteiger partial charge in [-0.1, -0.05) is 18.2 Å². The van der Waals surface area contributed by atoms with Crippen molar-refractivity contribution in [1.82, 2.24) is 9.38 Å². The number of carbonyl (C=O) groups excluding carboxylic acids is 1. The fraction of sp³-hybridized carbons (Fsp3) is 0.176. The number of aryl methyl sites for hydroxylation is 1. The van der Waals surface area contributed by atoms with Gasteiger partial charge in [0.05, 0.1) is 5.56 Å². The normalized spacial score (nSPS) is 14.2. The van der Waals surface area contributed by atoms with Crippen molar-refractivity contribution in [1.29, 1.82) is 0 Å². The van der Waals surface area contributed by atoms with Crippen LogP contribution in [0.15, 0.2) is 55.0 Å². The van der Waals surface area contributed by atoms with Gasteiger partial charge in [0, 0.05) is 30.8 Å². The van der Waals surface area contributed by atoms with Gasteiger partial charge in [0.2, 0.25) is 0 Å². The Balaban J connectivity index is 1.75. The van der Waals surface area contributed by atoms with E-state index in [4.69, 9.17) is 0 Å². The number of anilines is 1. The molecule has 1 aromatic carbocycles. The van der Waals surface area contributed by atoms with Crippen molar-refractivity contribution < 1.29 is 4.79 Å². The first-order valence-corrected chi connectivity index (χ1v) is 7.15. The number of nitrogens with zero attached hydrogens (tertiary/aromatic N) is 3. The highest BCUT2D eigenvalue weighted by molar-refractivity contribution is 6.06. The Kier molecular flexibility index (Phi) is 2.74. The average molecular weight is 277 g/mol. The third-order valence-electron chi connectivity index (χ3n) is 3.99. The molecule has 0 aliphatic carbocycles. The Morgan fingerprint density at radius 2 is 2.05 bits per heavy atom. The standard InChI is InChI=1S/C17H15N3O/c21-17(14-7-8-16-18-9-11-19(16)12-14)20-10-3-5-13-4-1-2-6-15(13)20/h1-2,4,6-9,11-12H,3,5,10H2. The molecule has 0 radical (unpaired) electrons. The van der Waals surface area contributed by atoms with Gasteiger partial charge in [-0.15, -0.1) is 0 Å². The van der Waals surface area contributed by atoms with Crippen LogP contribution in [0.4, 0.5) is 5.69 Å². The Bertz CT molecular complexity index is 822. The molecule has 0 saturated carbocycles. The highest BCUT2D eigenvalue weighted by atomic mass is 16.2. The summed E-state index contributed by atoms with van der Waals surface area (Å²) < 4.78 is 1.88. The van der Waals surface area contributed by atoms with Crippen LogP contribution in [0, 0.1) is 0 Å². The van der Waals surface area contributed by atoms with E-state index in [9.17, 15) is 4.79 Å². The molecule has 1 amide bonds. The number of carbonyl (C=O) groups is 1. The Hall–Kier alpha value is -2.62. The predicted octanol–water partition coefficient (Wildman–Crippen LogP) is 2.93. The molecular weight excluding hydrogens is 262 g/mol. The third-order valence-corrected chi connectivity index (χ3v) is 3.99. The zero-order valence-corrected chi connectivity index (χ0v) is 11.6. The molecule has 4 rings (SSSR count). The van der Waals surface area contributed by atoms with Crippen LogP contribution < -0.4 is 4.90 Å². The number of rotatable bonds is 1. The molecule has 2 aromatic heterocycles. The molecule has 4 nitrogen and oxygen atoms in total. The fourth-order valence-electron chi connectivity index (χ4n) is 2.95. The van der Waals surface area contributed by atoms with E-state index in [1.54, 1.807) is 6.20 Å². The van der Waals surface area contributed by atoms with E-state index in [2.05, 4.69) is 11.1 Å². The molecule has 3 heterocycles. The fourth-order valence-corrected chi connectivity index (χ4v) is 2.95. The van der Waals surface area contributed by atoms with E-state index < -0.39 is 0 Å². The quantitative estimate of drug-likeness (QED) is 0.686. The molecule has 0 bridgehead atoms. The zero-order chi connectivity index (χ0) is 14.2. The van der Waals surface area contributed by atoms with Crippen LogP contribution in [-0.2, 0) is 6.42 Å². The maximum Gasteiger partial charge on any atom is 0.259 e. The lowest BCUT2D eigenvalue weighted by Gasteiger charge is -2.29. The highest BCUT2D eigenvalue weighted by Gasteiger charge is 2.23. The molecule has 0 atom stereocenters. The van der Waals surface area contributed by atoms with Crippen molar-refractivity contribution in [3.63, 3.8) is 0 Å². The van der Waals surface area contributed by atoms with Crippen molar-refractivity contribution in [2.45, 2.75) is 12.8 Å². The van der Waals surface area contributed by atoms with Crippen molar-refractivity contribution >= 4 is 17.2 Å². The summed E-state index contributed by atoms with van der Waals surface area (Å²) in [6, 6.07) is 11.9. The maximum atomic E-state index is 12.8. The van der Waals surface area contributed by atoms with Gasteiger partial charge < -0.3 is 9.30 Å². The minimum absolute atomic E-state index is 0.0535. The van der Waals surface area contributed by atoms with Crippen molar-refractivity contribution in [2.75, 3.05) is 11.4 Å². The topological polar surface area (TPSA) is 37.6 Å². The highest BCUT2D eigenvalue weighted by Crippen LogP contribution is 2.28. The van der Waals surface area contributed by atoms with Gasteiger partial charge in [0.1, 0.15) is 5.65 Å². The van der Waals surface area contributed by atoms with Gasteiger partial charge in [0.15, 0.2) is 0 Å². The molecule has 0 spiro atoms. The maximum absolute atomic E-state index is 12.8. The second-order valence-electron chi connectivity index (χ2n) is 5.30. The molecule has 0 N–H and O–H groups in total. The number of aromatic nitrogens is 2. The number of benzene rings is 1. The van der Waals surface area contributed by atoms with E-state index in [1.165, 1.54) is 5.56 Å². The first kappa shape index (κ1) is 12.1. The summed E-state index contributed by atoms with van der Waals surface area (Å²) >= 11 is 0. The van der Waals surface area contributed by atoms with Crippen molar-refractivity contribution in [3.05, 3.63) is 66.1 Å². The molecule has 21 heavy (non-hydrogen) atoms. The minimum Gasteiger partial charge on any atom is -0.308 e. The SMILES string of the molecule is O=C(c1ccc2nccn2c1)N1CCCc2ccccc21. The van der Waals surface area contributed by atoms with Gasteiger partial charge >= 0.3 is 0 Å². The molecule has 104 valence electrons. The second-order valence-corrected chi connectivity index (χ2v) is 5.30. The Labute approximate surface area is 122 Å². The number of imidazole rings is 1. The van der Waals surface area contributed by atoms with Gasteiger partial charge in [0.25, 0.3) is 5.91 Å².